The summed E-state index contributed by atoms with van der Waals surface area (Å²) in [5.41, 5.74) is 1.65. The molecule has 0 spiro atoms. The molecule has 2 aromatic rings. The first-order valence-electron chi connectivity index (χ1n) is 4.76. The van der Waals surface area contributed by atoms with Crippen molar-refractivity contribution in [3.8, 4) is 0 Å². The fraction of sp³-hybridized carbons (Fsp3) is 0.364. The molecule has 0 radical (unpaired) electrons. The maximum Gasteiger partial charge on any atom is 0.198 e. The second-order valence-electron chi connectivity index (χ2n) is 3.47. The average Bonchev–Trinajstić information content (AvgIpc) is 2.59. The second kappa shape index (κ2) is 3.62. The van der Waals surface area contributed by atoms with Crippen molar-refractivity contribution < 1.29 is 4.42 Å². The number of aromatic nitrogens is 1. The van der Waals surface area contributed by atoms with Gasteiger partial charge in [-0.05, 0) is 24.6 Å². The first-order valence-corrected chi connectivity index (χ1v) is 5.14. The zero-order valence-electron chi connectivity index (χ0n) is 8.25. The van der Waals surface area contributed by atoms with Gasteiger partial charge >= 0.3 is 0 Å². The molecule has 1 aromatic carbocycles. The highest BCUT2D eigenvalue weighted by atomic mass is 35.5. The molecular formula is C11H12ClNO. The normalized spacial score (nSPS) is 13.4. The van der Waals surface area contributed by atoms with Gasteiger partial charge in [-0.2, -0.15) is 0 Å². The lowest BCUT2D eigenvalue weighted by molar-refractivity contribution is 0.479. The molecule has 0 saturated carbocycles. The van der Waals surface area contributed by atoms with E-state index in [1.165, 1.54) is 0 Å². The fourth-order valence-corrected chi connectivity index (χ4v) is 1.47. The van der Waals surface area contributed by atoms with Gasteiger partial charge in [-0.25, -0.2) is 4.98 Å². The molecule has 3 heteroatoms. The first-order chi connectivity index (χ1) is 6.70. The van der Waals surface area contributed by atoms with Gasteiger partial charge in [0.2, 0.25) is 0 Å². The summed E-state index contributed by atoms with van der Waals surface area (Å²) in [5.74, 6) is 1.16. The summed E-state index contributed by atoms with van der Waals surface area (Å²) >= 11 is 5.86. The molecule has 1 atom stereocenters. The third-order valence-electron chi connectivity index (χ3n) is 2.40. The zero-order chi connectivity index (χ0) is 10.1. The Morgan fingerprint density at radius 2 is 2.29 bits per heavy atom. The molecule has 0 aliphatic carbocycles. The van der Waals surface area contributed by atoms with E-state index in [2.05, 4.69) is 18.8 Å². The van der Waals surface area contributed by atoms with E-state index in [0.29, 0.717) is 10.9 Å². The summed E-state index contributed by atoms with van der Waals surface area (Å²) in [5, 5.41) is 0.696. The Hall–Kier alpha value is -1.02. The van der Waals surface area contributed by atoms with Crippen molar-refractivity contribution in [2.45, 2.75) is 26.2 Å². The largest absolute Gasteiger partial charge is 0.440 e. The quantitative estimate of drug-likeness (QED) is 0.748. The van der Waals surface area contributed by atoms with Crippen molar-refractivity contribution >= 4 is 22.7 Å². The molecule has 1 aromatic heterocycles. The molecule has 0 N–H and O–H groups in total. The van der Waals surface area contributed by atoms with E-state index in [1.54, 1.807) is 0 Å². The van der Waals surface area contributed by atoms with Gasteiger partial charge in [-0.15, -0.1) is 0 Å². The summed E-state index contributed by atoms with van der Waals surface area (Å²) in [7, 11) is 0. The summed E-state index contributed by atoms with van der Waals surface area (Å²) in [6.07, 6.45) is 1.03. The Labute approximate surface area is 87.9 Å². The number of hydrogen-bond acceptors (Lipinski definition) is 2. The van der Waals surface area contributed by atoms with E-state index >= 15 is 0 Å². The molecule has 0 bridgehead atoms. The number of rotatable bonds is 2. The molecule has 0 amide bonds. The molecule has 1 heterocycles. The molecule has 0 aliphatic heterocycles. The topological polar surface area (TPSA) is 26.0 Å². The molecule has 74 valence electrons. The van der Waals surface area contributed by atoms with E-state index in [1.807, 2.05) is 18.2 Å². The predicted octanol–water partition coefficient (Wildman–Crippen LogP) is 3.99. The second-order valence-corrected chi connectivity index (χ2v) is 3.91. The fourth-order valence-electron chi connectivity index (χ4n) is 1.30. The maximum absolute atomic E-state index is 5.86. The number of halogens is 1. The summed E-state index contributed by atoms with van der Waals surface area (Å²) in [6, 6.07) is 5.50. The van der Waals surface area contributed by atoms with Crippen LogP contribution in [0.1, 0.15) is 32.1 Å². The third-order valence-corrected chi connectivity index (χ3v) is 2.64. The van der Waals surface area contributed by atoms with Gasteiger partial charge in [0.05, 0.1) is 0 Å². The zero-order valence-corrected chi connectivity index (χ0v) is 9.01. The van der Waals surface area contributed by atoms with Gasteiger partial charge in [0.15, 0.2) is 11.5 Å². The van der Waals surface area contributed by atoms with E-state index in [0.717, 1.165) is 23.4 Å². The van der Waals surface area contributed by atoms with Crippen LogP contribution in [0.25, 0.3) is 11.1 Å². The Bertz CT molecular complexity index is 449. The minimum Gasteiger partial charge on any atom is -0.440 e. The highest BCUT2D eigenvalue weighted by Gasteiger charge is 2.11. The van der Waals surface area contributed by atoms with Crippen molar-refractivity contribution in [3.63, 3.8) is 0 Å². The monoisotopic (exact) mass is 209 g/mol. The lowest BCUT2D eigenvalue weighted by Gasteiger charge is -1.99. The van der Waals surface area contributed by atoms with Gasteiger partial charge in [0.25, 0.3) is 0 Å². The van der Waals surface area contributed by atoms with Crippen LogP contribution < -0.4 is 0 Å². The highest BCUT2D eigenvalue weighted by molar-refractivity contribution is 6.31. The molecule has 0 fully saturated rings. The summed E-state index contributed by atoms with van der Waals surface area (Å²) < 4.78 is 5.61. The smallest absolute Gasteiger partial charge is 0.198 e. The van der Waals surface area contributed by atoms with Crippen molar-refractivity contribution in [2.75, 3.05) is 0 Å². The van der Waals surface area contributed by atoms with Gasteiger partial charge in [-0.1, -0.05) is 25.4 Å². The Balaban J connectivity index is 2.51. The number of benzene rings is 1. The molecule has 14 heavy (non-hydrogen) atoms. The molecule has 2 rings (SSSR count). The lowest BCUT2D eigenvalue weighted by Crippen LogP contribution is -1.89. The number of nitrogens with zero attached hydrogens (tertiary/aromatic N) is 1. The van der Waals surface area contributed by atoms with Crippen LogP contribution >= 0.6 is 11.6 Å². The van der Waals surface area contributed by atoms with Crippen LogP contribution in [0.4, 0.5) is 0 Å². The van der Waals surface area contributed by atoms with Gasteiger partial charge < -0.3 is 4.42 Å². The third kappa shape index (κ3) is 1.62. The van der Waals surface area contributed by atoms with Crippen LogP contribution in [0, 0.1) is 0 Å². The Morgan fingerprint density at radius 3 is 3.00 bits per heavy atom. The van der Waals surface area contributed by atoms with Gasteiger partial charge in [0.1, 0.15) is 5.52 Å². The number of oxazole rings is 1. The van der Waals surface area contributed by atoms with Crippen molar-refractivity contribution in [1.29, 1.82) is 0 Å². The summed E-state index contributed by atoms with van der Waals surface area (Å²) in [4.78, 5) is 4.39. The van der Waals surface area contributed by atoms with Crippen LogP contribution in [0.15, 0.2) is 22.6 Å². The predicted molar refractivity (Wildman–Crippen MR) is 57.7 cm³/mol. The van der Waals surface area contributed by atoms with Crippen LogP contribution in [-0.4, -0.2) is 4.98 Å². The summed E-state index contributed by atoms with van der Waals surface area (Å²) in [6.45, 7) is 4.22. The molecule has 0 saturated heterocycles. The Morgan fingerprint density at radius 1 is 1.50 bits per heavy atom. The van der Waals surface area contributed by atoms with Crippen molar-refractivity contribution in [3.05, 3.63) is 29.1 Å². The highest BCUT2D eigenvalue weighted by Crippen LogP contribution is 2.25. The molecule has 1 unspecified atom stereocenters. The SMILES string of the molecule is CCC(C)c1nc2cc(Cl)ccc2o1. The van der Waals surface area contributed by atoms with Crippen LogP contribution in [0.2, 0.25) is 5.02 Å². The first kappa shape index (κ1) is 9.53. The van der Waals surface area contributed by atoms with Gasteiger partial charge in [-0.3, -0.25) is 0 Å². The minimum absolute atomic E-state index is 0.362. The van der Waals surface area contributed by atoms with Crippen molar-refractivity contribution in [1.82, 2.24) is 4.98 Å². The minimum atomic E-state index is 0.362. The van der Waals surface area contributed by atoms with Gasteiger partial charge in [0, 0.05) is 10.9 Å². The van der Waals surface area contributed by atoms with Crippen LogP contribution in [0.3, 0.4) is 0 Å². The van der Waals surface area contributed by atoms with E-state index in [9.17, 15) is 0 Å². The lowest BCUT2D eigenvalue weighted by atomic mass is 10.1. The van der Waals surface area contributed by atoms with E-state index in [-0.39, 0.29) is 0 Å². The van der Waals surface area contributed by atoms with Crippen LogP contribution in [0.5, 0.6) is 0 Å². The van der Waals surface area contributed by atoms with E-state index in [4.69, 9.17) is 16.0 Å². The maximum atomic E-state index is 5.86. The number of fused-ring (bicyclic) bond motifs is 1. The standard InChI is InChI=1S/C11H12ClNO/c1-3-7(2)11-13-9-6-8(12)4-5-10(9)14-11/h4-7H,3H2,1-2H3. The average molecular weight is 210 g/mol. The Kier molecular flexibility index (Phi) is 2.46. The van der Waals surface area contributed by atoms with E-state index < -0.39 is 0 Å². The molecular weight excluding hydrogens is 198 g/mol. The number of hydrogen-bond donors (Lipinski definition) is 0. The van der Waals surface area contributed by atoms with Crippen LogP contribution in [-0.2, 0) is 0 Å². The molecule has 0 aliphatic rings. The molecule has 2 nitrogen and oxygen atoms in total. The van der Waals surface area contributed by atoms with Crippen molar-refractivity contribution in [2.24, 2.45) is 0 Å².